The number of hydrogen-bond donors (Lipinski definition) is 3. The first-order valence-corrected chi connectivity index (χ1v) is 4.79. The molecule has 8 heteroatoms. The summed E-state index contributed by atoms with van der Waals surface area (Å²) in [7, 11) is 0. The van der Waals surface area contributed by atoms with Crippen molar-refractivity contribution >= 4 is 29.0 Å². The number of hydrazone groups is 1. The molecule has 0 unspecified atom stereocenters. The highest BCUT2D eigenvalue weighted by atomic mass is 19.1. The Balaban J connectivity index is 2.55. The second kappa shape index (κ2) is 4.19. The highest BCUT2D eigenvalue weighted by molar-refractivity contribution is 6.37. The predicted octanol–water partition coefficient (Wildman–Crippen LogP) is -0.470. The number of carbonyl (C=O) groups excluding carboxylic acids is 1. The fourth-order valence-corrected chi connectivity index (χ4v) is 1.40. The lowest BCUT2D eigenvalue weighted by Gasteiger charge is -1.99. The molecular formula is C10H8FN5O2. The van der Waals surface area contributed by atoms with Crippen molar-refractivity contribution in [2.24, 2.45) is 16.6 Å². The smallest absolute Gasteiger partial charge is 0.366 e. The highest BCUT2D eigenvalue weighted by Gasteiger charge is 2.24. The number of rotatable bonds is 1. The van der Waals surface area contributed by atoms with Crippen LogP contribution in [0.15, 0.2) is 23.3 Å². The molecule has 1 aromatic carbocycles. The van der Waals surface area contributed by atoms with Crippen LogP contribution < -0.4 is 16.8 Å². The Hall–Kier alpha value is -2.86. The summed E-state index contributed by atoms with van der Waals surface area (Å²) in [6.45, 7) is 0. The highest BCUT2D eigenvalue weighted by Crippen LogP contribution is 2.30. The standard InChI is InChI=1S/C10H8FN5O2/c11-5-1-2-8-6(3-5)7(9(17)15-8)4-14-16(18)10(12)13/h1-3H,12-13H2,(H,15,17). The summed E-state index contributed by atoms with van der Waals surface area (Å²) in [4.78, 5) is 11.4. The monoisotopic (exact) mass is 249 g/mol. The first-order valence-electron chi connectivity index (χ1n) is 4.79. The van der Waals surface area contributed by atoms with Gasteiger partial charge in [-0.25, -0.2) is 4.39 Å². The Morgan fingerprint density at radius 3 is 2.89 bits per heavy atom. The number of nitrogens with two attached hydrogens (primary N) is 2. The van der Waals surface area contributed by atoms with Gasteiger partial charge in [0, 0.05) is 11.4 Å². The summed E-state index contributed by atoms with van der Waals surface area (Å²) in [5, 5.41) is 16.6. The predicted molar refractivity (Wildman–Crippen MR) is 62.9 cm³/mol. The van der Waals surface area contributed by atoms with Crippen LogP contribution >= 0.6 is 0 Å². The number of anilines is 1. The van der Waals surface area contributed by atoms with Crippen LogP contribution in [0, 0.1) is 11.0 Å². The van der Waals surface area contributed by atoms with E-state index in [1.54, 1.807) is 0 Å². The molecule has 1 aromatic rings. The van der Waals surface area contributed by atoms with E-state index in [4.69, 9.17) is 11.5 Å². The van der Waals surface area contributed by atoms with Crippen LogP contribution in [0.4, 0.5) is 10.1 Å². The van der Waals surface area contributed by atoms with E-state index < -0.39 is 17.7 Å². The van der Waals surface area contributed by atoms with E-state index in [-0.39, 0.29) is 16.0 Å². The van der Waals surface area contributed by atoms with Crippen molar-refractivity contribution in [3.63, 3.8) is 0 Å². The van der Waals surface area contributed by atoms with Crippen LogP contribution in [-0.2, 0) is 4.79 Å². The third-order valence-corrected chi connectivity index (χ3v) is 2.20. The SMILES string of the molecule is NC(N)=[N+]([O-])N=C=C1C(=O)Nc2ccc(F)cc21. The molecule has 5 N–H and O–H groups in total. The fraction of sp³-hybridized carbons (Fsp3) is 0. The van der Waals surface area contributed by atoms with Gasteiger partial charge in [-0.2, -0.15) is 0 Å². The Labute approximate surface area is 100 Å². The quantitative estimate of drug-likeness (QED) is 0.155. The Morgan fingerprint density at radius 2 is 2.22 bits per heavy atom. The summed E-state index contributed by atoms with van der Waals surface area (Å²) in [5.74, 6) is 0.537. The van der Waals surface area contributed by atoms with E-state index in [0.717, 1.165) is 6.07 Å². The van der Waals surface area contributed by atoms with E-state index in [1.165, 1.54) is 12.1 Å². The summed E-state index contributed by atoms with van der Waals surface area (Å²) in [6, 6.07) is 3.73. The lowest BCUT2D eigenvalue weighted by atomic mass is 10.1. The van der Waals surface area contributed by atoms with Crippen LogP contribution in [-0.4, -0.2) is 22.6 Å². The zero-order chi connectivity index (χ0) is 13.3. The fourth-order valence-electron chi connectivity index (χ4n) is 1.40. The number of halogens is 1. The van der Waals surface area contributed by atoms with Gasteiger partial charge in [0.05, 0.1) is 5.69 Å². The largest absolute Gasteiger partial charge is 0.721 e. The van der Waals surface area contributed by atoms with Gasteiger partial charge >= 0.3 is 5.96 Å². The molecule has 0 radical (unpaired) electrons. The van der Waals surface area contributed by atoms with E-state index in [1.807, 2.05) is 0 Å². The van der Waals surface area contributed by atoms with Crippen LogP contribution in [0.2, 0.25) is 0 Å². The van der Waals surface area contributed by atoms with E-state index in [2.05, 4.69) is 16.3 Å². The van der Waals surface area contributed by atoms with Crippen LogP contribution in [0.5, 0.6) is 0 Å². The molecule has 7 nitrogen and oxygen atoms in total. The molecule has 0 aliphatic carbocycles. The Morgan fingerprint density at radius 1 is 1.50 bits per heavy atom. The average Bonchev–Trinajstić information content (AvgIpc) is 2.61. The number of hydrogen-bond acceptors (Lipinski definition) is 3. The third-order valence-electron chi connectivity index (χ3n) is 2.20. The van der Waals surface area contributed by atoms with Crippen molar-refractivity contribution in [1.29, 1.82) is 0 Å². The molecule has 0 fully saturated rings. The molecule has 0 saturated heterocycles. The van der Waals surface area contributed by atoms with Crippen molar-refractivity contribution < 1.29 is 14.0 Å². The summed E-state index contributed by atoms with van der Waals surface area (Å²) in [6.07, 6.45) is 0. The van der Waals surface area contributed by atoms with Gasteiger partial charge in [0.1, 0.15) is 11.4 Å². The Kier molecular flexibility index (Phi) is 2.70. The second-order valence-electron chi connectivity index (χ2n) is 3.43. The molecule has 0 aromatic heterocycles. The van der Waals surface area contributed by atoms with Crippen molar-refractivity contribution in [3.8, 4) is 0 Å². The summed E-state index contributed by atoms with van der Waals surface area (Å²) < 4.78 is 13.1. The van der Waals surface area contributed by atoms with Crippen LogP contribution in [0.3, 0.4) is 0 Å². The van der Waals surface area contributed by atoms with Crippen molar-refractivity contribution in [3.05, 3.63) is 34.8 Å². The van der Waals surface area contributed by atoms with Crippen molar-refractivity contribution in [2.75, 3.05) is 5.32 Å². The number of fused-ring (bicyclic) bond motifs is 1. The molecule has 1 aliphatic heterocycles. The average molecular weight is 249 g/mol. The molecule has 1 aliphatic rings. The van der Waals surface area contributed by atoms with Crippen molar-refractivity contribution in [1.82, 2.24) is 0 Å². The molecule has 0 bridgehead atoms. The Bertz CT molecular complexity index is 627. The minimum Gasteiger partial charge on any atom is -0.721 e. The molecule has 0 atom stereocenters. The maximum atomic E-state index is 13.1. The first kappa shape index (κ1) is 11.6. The maximum absolute atomic E-state index is 13.1. The summed E-state index contributed by atoms with van der Waals surface area (Å²) in [5.41, 5.74) is 10.6. The van der Waals surface area contributed by atoms with Gasteiger partial charge < -0.3 is 10.5 Å². The number of carbonyl (C=O) groups is 1. The topological polar surface area (TPSA) is 120 Å². The number of amides is 1. The minimum absolute atomic E-state index is 0.0633. The lowest BCUT2D eigenvalue weighted by Crippen LogP contribution is -2.30. The third kappa shape index (κ3) is 2.00. The molecule has 92 valence electrons. The molecular weight excluding hydrogens is 241 g/mol. The zero-order valence-electron chi connectivity index (χ0n) is 8.98. The lowest BCUT2D eigenvalue weighted by molar-refractivity contribution is -0.463. The van der Waals surface area contributed by atoms with Crippen LogP contribution in [0.1, 0.15) is 5.56 Å². The first-order chi connectivity index (χ1) is 8.49. The van der Waals surface area contributed by atoms with Gasteiger partial charge in [0.15, 0.2) is 0 Å². The number of guanidine groups is 1. The minimum atomic E-state index is -0.596. The number of benzene rings is 1. The van der Waals surface area contributed by atoms with Gasteiger partial charge in [0.25, 0.3) is 5.91 Å². The van der Waals surface area contributed by atoms with Gasteiger partial charge in [0.2, 0.25) is 0 Å². The molecule has 18 heavy (non-hydrogen) atoms. The van der Waals surface area contributed by atoms with E-state index in [9.17, 15) is 14.4 Å². The molecule has 2 rings (SSSR count). The van der Waals surface area contributed by atoms with E-state index in [0.29, 0.717) is 5.69 Å². The number of nitrogens with zero attached hydrogens (tertiary/aromatic N) is 2. The van der Waals surface area contributed by atoms with Gasteiger partial charge in [-0.05, 0) is 18.2 Å². The van der Waals surface area contributed by atoms with Gasteiger partial charge in [-0.1, -0.05) is 5.10 Å². The van der Waals surface area contributed by atoms with Gasteiger partial charge in [-0.15, -0.1) is 4.85 Å². The molecule has 0 saturated carbocycles. The summed E-state index contributed by atoms with van der Waals surface area (Å²) >= 11 is 0. The molecule has 1 amide bonds. The second-order valence-corrected chi connectivity index (χ2v) is 3.43. The van der Waals surface area contributed by atoms with Gasteiger partial charge in [-0.3, -0.25) is 16.3 Å². The zero-order valence-corrected chi connectivity index (χ0v) is 8.98. The van der Waals surface area contributed by atoms with Crippen molar-refractivity contribution in [2.45, 2.75) is 0 Å². The normalized spacial score (nSPS) is 12.5. The maximum Gasteiger partial charge on any atom is 0.366 e. The number of nitrogens with one attached hydrogen (secondary N) is 1. The molecule has 0 spiro atoms. The van der Waals surface area contributed by atoms with Crippen LogP contribution in [0.25, 0.3) is 5.57 Å². The molecule has 1 heterocycles. The van der Waals surface area contributed by atoms with E-state index >= 15 is 0 Å².